The number of hydrogen-bond acceptors (Lipinski definition) is 6. The van der Waals surface area contributed by atoms with Gasteiger partial charge in [-0.2, -0.15) is 0 Å². The summed E-state index contributed by atoms with van der Waals surface area (Å²) in [6, 6.07) is 0.107. The van der Waals surface area contributed by atoms with E-state index < -0.39 is 5.60 Å². The van der Waals surface area contributed by atoms with Gasteiger partial charge in [-0.05, 0) is 52.4 Å². The molecule has 2 aliphatic rings. The fraction of sp³-hybridized carbons (Fsp3) is 0.750. The average molecular weight is 377 g/mol. The highest BCUT2D eigenvalue weighted by molar-refractivity contribution is 5.68. The van der Waals surface area contributed by atoms with Gasteiger partial charge in [0.1, 0.15) is 5.60 Å². The maximum atomic E-state index is 12.9. The van der Waals surface area contributed by atoms with E-state index in [2.05, 4.69) is 14.9 Å². The SMILES string of the molecule is CC(C)(C)OC(=O)N(CC1CCC1)C1CCCN(c2ncc(CO)cn2)C1. The number of anilines is 1. The first-order valence-corrected chi connectivity index (χ1v) is 10.0. The standard InChI is InChI=1S/C20H32N4O3/c1-20(2,3)27-19(26)24(12-15-6-4-7-15)17-8-5-9-23(13-17)18-21-10-16(14-25)11-22-18/h10-11,15,17,25H,4-9,12-14H2,1-3H3. The molecule has 7 nitrogen and oxygen atoms in total. The van der Waals surface area contributed by atoms with Crippen molar-refractivity contribution in [1.29, 1.82) is 0 Å². The molecule has 1 N–H and O–H groups in total. The van der Waals surface area contributed by atoms with E-state index in [-0.39, 0.29) is 18.7 Å². The molecule has 1 amide bonds. The molecule has 1 unspecified atom stereocenters. The van der Waals surface area contributed by atoms with Crippen molar-refractivity contribution in [2.45, 2.75) is 71.1 Å². The first kappa shape index (κ1) is 19.9. The molecule has 150 valence electrons. The molecule has 27 heavy (non-hydrogen) atoms. The molecule has 2 fully saturated rings. The predicted octanol–water partition coefficient (Wildman–Crippen LogP) is 2.97. The van der Waals surface area contributed by atoms with Crippen molar-refractivity contribution in [3.8, 4) is 0 Å². The number of aliphatic hydroxyl groups excluding tert-OH is 1. The second kappa shape index (κ2) is 8.42. The number of piperidine rings is 1. The third-order valence-corrected chi connectivity index (χ3v) is 5.30. The number of amides is 1. The van der Waals surface area contributed by atoms with Gasteiger partial charge in [-0.25, -0.2) is 14.8 Å². The number of rotatable bonds is 5. The van der Waals surface area contributed by atoms with E-state index in [0.29, 0.717) is 24.0 Å². The zero-order chi connectivity index (χ0) is 19.4. The summed E-state index contributed by atoms with van der Waals surface area (Å²) in [5.74, 6) is 1.25. The lowest BCUT2D eigenvalue weighted by Crippen LogP contribution is -2.53. The molecule has 1 saturated carbocycles. The Morgan fingerprint density at radius 3 is 2.52 bits per heavy atom. The second-order valence-corrected chi connectivity index (χ2v) is 8.72. The van der Waals surface area contributed by atoms with E-state index in [9.17, 15) is 4.79 Å². The molecule has 0 bridgehead atoms. The summed E-state index contributed by atoms with van der Waals surface area (Å²) in [4.78, 5) is 25.7. The lowest BCUT2D eigenvalue weighted by atomic mass is 9.84. The maximum Gasteiger partial charge on any atom is 0.410 e. The largest absolute Gasteiger partial charge is 0.444 e. The minimum absolute atomic E-state index is 0.0588. The lowest BCUT2D eigenvalue weighted by molar-refractivity contribution is 0.00731. The van der Waals surface area contributed by atoms with Crippen molar-refractivity contribution in [3.63, 3.8) is 0 Å². The number of carbonyl (C=O) groups excluding carboxylic acids is 1. The van der Waals surface area contributed by atoms with Crippen LogP contribution in [0.1, 0.15) is 58.4 Å². The molecule has 1 aliphatic heterocycles. The minimum atomic E-state index is -0.494. The van der Waals surface area contributed by atoms with E-state index in [1.807, 2.05) is 25.7 Å². The van der Waals surface area contributed by atoms with E-state index in [0.717, 1.165) is 25.9 Å². The van der Waals surface area contributed by atoms with Gasteiger partial charge in [0.25, 0.3) is 0 Å². The fourth-order valence-corrected chi connectivity index (χ4v) is 3.63. The van der Waals surface area contributed by atoms with Crippen molar-refractivity contribution >= 4 is 12.0 Å². The quantitative estimate of drug-likeness (QED) is 0.851. The molecule has 1 atom stereocenters. The van der Waals surface area contributed by atoms with Gasteiger partial charge in [0.15, 0.2) is 0 Å². The summed E-state index contributed by atoms with van der Waals surface area (Å²) in [6.45, 7) is 8.04. The highest BCUT2D eigenvalue weighted by atomic mass is 16.6. The third-order valence-electron chi connectivity index (χ3n) is 5.30. The predicted molar refractivity (Wildman–Crippen MR) is 103 cm³/mol. The molecular formula is C20H32N4O3. The van der Waals surface area contributed by atoms with Gasteiger partial charge in [0.05, 0.1) is 12.6 Å². The number of aromatic nitrogens is 2. The van der Waals surface area contributed by atoms with Crippen molar-refractivity contribution in [2.24, 2.45) is 5.92 Å². The summed E-state index contributed by atoms with van der Waals surface area (Å²) in [5, 5.41) is 9.17. The van der Waals surface area contributed by atoms with Crippen LogP contribution in [0.25, 0.3) is 0 Å². The first-order valence-electron chi connectivity index (χ1n) is 10.0. The Labute approximate surface area is 161 Å². The Bertz CT molecular complexity index is 625. The molecule has 0 aromatic carbocycles. The van der Waals surface area contributed by atoms with Gasteiger partial charge in [-0.3, -0.25) is 0 Å². The van der Waals surface area contributed by atoms with E-state index >= 15 is 0 Å². The summed E-state index contributed by atoms with van der Waals surface area (Å²) in [7, 11) is 0. The molecule has 2 heterocycles. The van der Waals surface area contributed by atoms with Gasteiger partial charge in [0, 0.05) is 37.6 Å². The number of ether oxygens (including phenoxy) is 1. The topological polar surface area (TPSA) is 78.8 Å². The molecule has 1 aliphatic carbocycles. The maximum absolute atomic E-state index is 12.9. The van der Waals surface area contributed by atoms with Crippen LogP contribution < -0.4 is 4.90 Å². The van der Waals surface area contributed by atoms with Crippen molar-refractivity contribution < 1.29 is 14.6 Å². The first-order chi connectivity index (χ1) is 12.9. The Morgan fingerprint density at radius 2 is 1.96 bits per heavy atom. The van der Waals surface area contributed by atoms with Crippen LogP contribution in [-0.4, -0.2) is 57.3 Å². The zero-order valence-corrected chi connectivity index (χ0v) is 16.7. The normalized spacial score (nSPS) is 20.9. The molecule has 7 heteroatoms. The Morgan fingerprint density at radius 1 is 1.26 bits per heavy atom. The van der Waals surface area contributed by atoms with Crippen molar-refractivity contribution in [2.75, 3.05) is 24.5 Å². The number of aliphatic hydroxyl groups is 1. The van der Waals surface area contributed by atoms with Crippen LogP contribution in [0.2, 0.25) is 0 Å². The summed E-state index contributed by atoms with van der Waals surface area (Å²) < 4.78 is 5.70. The van der Waals surface area contributed by atoms with Gasteiger partial charge in [0.2, 0.25) is 5.95 Å². The summed E-state index contributed by atoms with van der Waals surface area (Å²) >= 11 is 0. The fourth-order valence-electron chi connectivity index (χ4n) is 3.63. The lowest BCUT2D eigenvalue weighted by Gasteiger charge is -2.42. The van der Waals surface area contributed by atoms with E-state index in [4.69, 9.17) is 9.84 Å². The van der Waals surface area contributed by atoms with Gasteiger partial charge < -0.3 is 19.6 Å². The number of carbonyl (C=O) groups is 1. The van der Waals surface area contributed by atoms with Gasteiger partial charge in [-0.1, -0.05) is 6.42 Å². The molecule has 1 saturated heterocycles. The van der Waals surface area contributed by atoms with Gasteiger partial charge in [-0.15, -0.1) is 0 Å². The van der Waals surface area contributed by atoms with Crippen LogP contribution in [0, 0.1) is 5.92 Å². The van der Waals surface area contributed by atoms with Crippen molar-refractivity contribution in [3.05, 3.63) is 18.0 Å². The Kier molecular flexibility index (Phi) is 6.19. The minimum Gasteiger partial charge on any atom is -0.444 e. The van der Waals surface area contributed by atoms with Crippen LogP contribution >= 0.6 is 0 Å². The average Bonchev–Trinajstić information content (AvgIpc) is 2.59. The molecule has 0 spiro atoms. The smallest absolute Gasteiger partial charge is 0.410 e. The van der Waals surface area contributed by atoms with Crippen molar-refractivity contribution in [1.82, 2.24) is 14.9 Å². The zero-order valence-electron chi connectivity index (χ0n) is 16.7. The highest BCUT2D eigenvalue weighted by Gasteiger charge is 2.34. The molecule has 3 rings (SSSR count). The monoisotopic (exact) mass is 376 g/mol. The molecular weight excluding hydrogens is 344 g/mol. The van der Waals surface area contributed by atoms with Gasteiger partial charge >= 0.3 is 6.09 Å². The van der Waals surface area contributed by atoms with E-state index in [1.54, 1.807) is 12.4 Å². The molecule has 1 aromatic heterocycles. The number of nitrogens with zero attached hydrogens (tertiary/aromatic N) is 4. The van der Waals surface area contributed by atoms with E-state index in [1.165, 1.54) is 19.3 Å². The second-order valence-electron chi connectivity index (χ2n) is 8.72. The van der Waals surface area contributed by atoms with Crippen LogP contribution in [0.5, 0.6) is 0 Å². The van der Waals surface area contributed by atoms with Crippen LogP contribution in [0.15, 0.2) is 12.4 Å². The molecule has 0 radical (unpaired) electrons. The van der Waals surface area contributed by atoms with Crippen LogP contribution in [0.3, 0.4) is 0 Å². The van der Waals surface area contributed by atoms with Crippen LogP contribution in [-0.2, 0) is 11.3 Å². The Balaban J connectivity index is 1.71. The highest BCUT2D eigenvalue weighted by Crippen LogP contribution is 2.30. The number of hydrogen-bond donors (Lipinski definition) is 1. The molecule has 1 aromatic rings. The summed E-state index contributed by atoms with van der Waals surface area (Å²) in [5.41, 5.74) is 0.208. The third kappa shape index (κ3) is 5.31. The Hall–Kier alpha value is -1.89. The summed E-state index contributed by atoms with van der Waals surface area (Å²) in [6.07, 6.45) is 8.71. The van der Waals surface area contributed by atoms with Crippen LogP contribution in [0.4, 0.5) is 10.7 Å².